The molecule has 1 heterocycles. The maximum atomic E-state index is 13.2. The van der Waals surface area contributed by atoms with Gasteiger partial charge in [-0.1, -0.05) is 65.7 Å². The Morgan fingerprint density at radius 2 is 1.82 bits per heavy atom. The predicted octanol–water partition coefficient (Wildman–Crippen LogP) is 5.70. The minimum atomic E-state index is -1.04. The molecule has 0 aliphatic carbocycles. The molecule has 34 heavy (non-hydrogen) atoms. The molecule has 7 heteroatoms. The number of carbonyl (C=O) groups excluding carboxylic acids is 1. The number of hydrogen-bond donors (Lipinski definition) is 1. The first-order valence-electron chi connectivity index (χ1n) is 11.0. The Labute approximate surface area is 208 Å². The number of nitrogens with zero attached hydrogens (tertiary/aromatic N) is 1. The molecule has 3 aromatic rings. The molecule has 0 fully saturated rings. The van der Waals surface area contributed by atoms with Gasteiger partial charge < -0.3 is 14.7 Å². The number of benzene rings is 3. The summed E-state index contributed by atoms with van der Waals surface area (Å²) in [5.41, 5.74) is 2.76. The van der Waals surface area contributed by atoms with Crippen LogP contribution in [-0.2, 0) is 24.1 Å². The second kappa shape index (κ2) is 10.1. The van der Waals surface area contributed by atoms with Crippen LogP contribution >= 0.6 is 23.2 Å². The normalized spacial score (nSPS) is 16.6. The molecule has 4 rings (SSSR count). The third-order valence-electron chi connectivity index (χ3n) is 5.95. The van der Waals surface area contributed by atoms with Crippen LogP contribution in [0.4, 0.5) is 0 Å². The molecule has 1 aliphatic rings. The third-order valence-corrected chi connectivity index (χ3v) is 6.81. The number of aliphatic carboxylic acids is 1. The van der Waals surface area contributed by atoms with E-state index in [0.29, 0.717) is 47.2 Å². The van der Waals surface area contributed by atoms with Gasteiger partial charge in [-0.15, -0.1) is 0 Å². The summed E-state index contributed by atoms with van der Waals surface area (Å²) < 4.78 is 6.24. The maximum Gasteiger partial charge on any atom is 0.323 e. The lowest BCUT2D eigenvalue weighted by molar-refractivity contribution is -0.137. The second-order valence-corrected chi connectivity index (χ2v) is 9.58. The van der Waals surface area contributed by atoms with Crippen molar-refractivity contribution in [3.05, 3.63) is 99.0 Å². The van der Waals surface area contributed by atoms with E-state index >= 15 is 0 Å². The van der Waals surface area contributed by atoms with E-state index in [-0.39, 0.29) is 12.5 Å². The van der Waals surface area contributed by atoms with Crippen LogP contribution in [-0.4, -0.2) is 40.6 Å². The lowest BCUT2D eigenvalue weighted by Gasteiger charge is -2.24. The third kappa shape index (κ3) is 5.54. The predicted molar refractivity (Wildman–Crippen MR) is 133 cm³/mol. The molecule has 0 radical (unpaired) electrons. The molecule has 0 saturated carbocycles. The quantitative estimate of drug-likeness (QED) is 0.433. The Balaban J connectivity index is 1.50. The summed E-state index contributed by atoms with van der Waals surface area (Å²) in [7, 11) is 0. The Bertz CT molecular complexity index is 1210. The summed E-state index contributed by atoms with van der Waals surface area (Å²) in [6.07, 6.45) is 1.73. The van der Waals surface area contributed by atoms with E-state index in [1.165, 1.54) is 4.90 Å². The van der Waals surface area contributed by atoms with Crippen molar-refractivity contribution in [3.8, 4) is 5.75 Å². The Morgan fingerprint density at radius 1 is 1.06 bits per heavy atom. The molecule has 0 unspecified atom stereocenters. The highest BCUT2D eigenvalue weighted by Gasteiger charge is 2.36. The van der Waals surface area contributed by atoms with E-state index in [1.54, 1.807) is 24.3 Å². The zero-order valence-electron chi connectivity index (χ0n) is 18.8. The van der Waals surface area contributed by atoms with Gasteiger partial charge in [-0.3, -0.25) is 9.59 Å². The number of carboxylic acids is 1. The first-order chi connectivity index (χ1) is 16.2. The molecule has 3 aromatic carbocycles. The molecule has 0 aromatic heterocycles. The zero-order chi connectivity index (χ0) is 24.3. The van der Waals surface area contributed by atoms with Crippen LogP contribution in [0.1, 0.15) is 34.0 Å². The number of halogens is 2. The van der Waals surface area contributed by atoms with Gasteiger partial charge in [-0.25, -0.2) is 0 Å². The summed E-state index contributed by atoms with van der Waals surface area (Å²) in [4.78, 5) is 26.0. The van der Waals surface area contributed by atoms with Crippen LogP contribution in [0.3, 0.4) is 0 Å². The summed E-state index contributed by atoms with van der Waals surface area (Å²) in [5.74, 6) is -0.643. The SMILES string of the molecule is C[C@@]1(Cc2cccc(Cl)c2Cl)Cc2cc(C(=O)N(CCc3ccccc3)CC(=O)O)ccc2O1. The van der Waals surface area contributed by atoms with Crippen LogP contribution < -0.4 is 4.74 Å². The van der Waals surface area contributed by atoms with Gasteiger partial charge in [0.25, 0.3) is 5.91 Å². The van der Waals surface area contributed by atoms with Gasteiger partial charge in [0, 0.05) is 24.9 Å². The van der Waals surface area contributed by atoms with Crippen molar-refractivity contribution < 1.29 is 19.4 Å². The molecular formula is C27H25Cl2NO4. The number of carbonyl (C=O) groups is 2. The number of ether oxygens (including phenoxy) is 1. The lowest BCUT2D eigenvalue weighted by Crippen LogP contribution is -2.37. The van der Waals surface area contributed by atoms with Crippen LogP contribution in [0.15, 0.2) is 66.7 Å². The van der Waals surface area contributed by atoms with Gasteiger partial charge >= 0.3 is 5.97 Å². The smallest absolute Gasteiger partial charge is 0.323 e. The molecule has 0 saturated heterocycles. The van der Waals surface area contributed by atoms with E-state index in [9.17, 15) is 14.7 Å². The Morgan fingerprint density at radius 3 is 2.56 bits per heavy atom. The number of rotatable bonds is 8. The molecule has 0 spiro atoms. The maximum absolute atomic E-state index is 13.2. The molecule has 176 valence electrons. The van der Waals surface area contributed by atoms with Gasteiger partial charge in [-0.2, -0.15) is 0 Å². The standard InChI is InChI=1S/C27H25Cl2NO4/c1-27(15-20-8-5-9-22(28)25(20)29)16-21-14-19(10-11-23(21)34-27)26(33)30(17-24(31)32)13-12-18-6-3-2-4-7-18/h2-11,14H,12-13,15-17H2,1H3,(H,31,32)/t27-/m1/s1. The van der Waals surface area contributed by atoms with Crippen molar-refractivity contribution in [2.24, 2.45) is 0 Å². The van der Waals surface area contributed by atoms with E-state index in [0.717, 1.165) is 16.7 Å². The first kappa shape index (κ1) is 24.1. The number of hydrogen-bond acceptors (Lipinski definition) is 3. The van der Waals surface area contributed by atoms with E-state index < -0.39 is 11.6 Å². The van der Waals surface area contributed by atoms with Gasteiger partial charge in [0.2, 0.25) is 0 Å². The average molecular weight is 498 g/mol. The summed E-state index contributed by atoms with van der Waals surface area (Å²) in [6.45, 7) is 1.96. The molecule has 1 amide bonds. The lowest BCUT2D eigenvalue weighted by atomic mass is 9.91. The highest BCUT2D eigenvalue weighted by atomic mass is 35.5. The Hall–Kier alpha value is -3.02. The van der Waals surface area contributed by atoms with E-state index in [2.05, 4.69) is 0 Å². The van der Waals surface area contributed by atoms with E-state index in [4.69, 9.17) is 27.9 Å². The fraction of sp³-hybridized carbons (Fsp3) is 0.259. The number of fused-ring (bicyclic) bond motifs is 1. The second-order valence-electron chi connectivity index (χ2n) is 8.80. The fourth-order valence-corrected chi connectivity index (χ4v) is 4.73. The van der Waals surface area contributed by atoms with Gasteiger partial charge in [0.1, 0.15) is 17.9 Å². The largest absolute Gasteiger partial charge is 0.487 e. The minimum absolute atomic E-state index is 0.312. The summed E-state index contributed by atoms with van der Waals surface area (Å²) in [5, 5.41) is 10.4. The van der Waals surface area contributed by atoms with Crippen molar-refractivity contribution in [1.82, 2.24) is 4.90 Å². The average Bonchev–Trinajstić information content (AvgIpc) is 3.14. The summed E-state index contributed by atoms with van der Waals surface area (Å²) in [6, 6.07) is 20.5. The number of carboxylic acid groups (broad SMARTS) is 1. The number of amides is 1. The summed E-state index contributed by atoms with van der Waals surface area (Å²) >= 11 is 12.5. The topological polar surface area (TPSA) is 66.8 Å². The fourth-order valence-electron chi connectivity index (χ4n) is 4.35. The van der Waals surface area contributed by atoms with Crippen molar-refractivity contribution in [2.75, 3.05) is 13.1 Å². The Kier molecular flexibility index (Phi) is 7.15. The van der Waals surface area contributed by atoms with Gasteiger partial charge in [0.15, 0.2) is 0 Å². The zero-order valence-corrected chi connectivity index (χ0v) is 20.3. The highest BCUT2D eigenvalue weighted by Crippen LogP contribution is 2.39. The van der Waals surface area contributed by atoms with E-state index in [1.807, 2.05) is 49.4 Å². The molecule has 1 aliphatic heterocycles. The van der Waals surface area contributed by atoms with Crippen LogP contribution in [0, 0.1) is 0 Å². The van der Waals surface area contributed by atoms with Crippen molar-refractivity contribution in [2.45, 2.75) is 31.8 Å². The molecule has 0 bridgehead atoms. The van der Waals surface area contributed by atoms with Crippen LogP contribution in [0.2, 0.25) is 10.0 Å². The molecule has 1 atom stereocenters. The molecule has 5 nitrogen and oxygen atoms in total. The first-order valence-corrected chi connectivity index (χ1v) is 11.8. The highest BCUT2D eigenvalue weighted by molar-refractivity contribution is 6.42. The molecular weight excluding hydrogens is 473 g/mol. The van der Waals surface area contributed by atoms with Crippen LogP contribution in [0.5, 0.6) is 5.75 Å². The van der Waals surface area contributed by atoms with Crippen LogP contribution in [0.25, 0.3) is 0 Å². The molecule has 1 N–H and O–H groups in total. The van der Waals surface area contributed by atoms with Crippen molar-refractivity contribution in [3.63, 3.8) is 0 Å². The van der Waals surface area contributed by atoms with Gasteiger partial charge in [0.05, 0.1) is 10.0 Å². The van der Waals surface area contributed by atoms with Gasteiger partial charge in [-0.05, 0) is 54.3 Å². The minimum Gasteiger partial charge on any atom is -0.487 e. The van der Waals surface area contributed by atoms with Crippen molar-refractivity contribution in [1.29, 1.82) is 0 Å². The van der Waals surface area contributed by atoms with Crippen molar-refractivity contribution >= 4 is 35.1 Å². The monoisotopic (exact) mass is 497 g/mol.